The number of hydrogen-bond acceptors (Lipinski definition) is 4. The molecule has 2 aromatic carbocycles. The third-order valence-electron chi connectivity index (χ3n) is 3.97. The second-order valence-electron chi connectivity index (χ2n) is 5.77. The molecule has 1 heterocycles. The first-order valence-corrected chi connectivity index (χ1v) is 8.55. The molecule has 7 heteroatoms. The van der Waals surface area contributed by atoms with Crippen LogP contribution in [0.1, 0.15) is 23.2 Å². The zero-order valence-corrected chi connectivity index (χ0v) is 14.7. The fourth-order valence-electron chi connectivity index (χ4n) is 2.74. The van der Waals surface area contributed by atoms with Crippen molar-refractivity contribution >= 4 is 40.8 Å². The summed E-state index contributed by atoms with van der Waals surface area (Å²) in [5, 5.41) is 2.97. The number of para-hydroxylation sites is 2. The summed E-state index contributed by atoms with van der Waals surface area (Å²) in [5.41, 5.74) is 1.21. The van der Waals surface area contributed by atoms with Crippen molar-refractivity contribution in [2.24, 2.45) is 0 Å². The van der Waals surface area contributed by atoms with Gasteiger partial charge < -0.3 is 15.0 Å². The van der Waals surface area contributed by atoms with Crippen molar-refractivity contribution in [3.8, 4) is 0 Å². The molecular formula is C19H17ClN2O4. The van der Waals surface area contributed by atoms with E-state index in [1.165, 1.54) is 0 Å². The summed E-state index contributed by atoms with van der Waals surface area (Å²) in [6.45, 7) is 0.114. The Hall–Kier alpha value is -2.86. The van der Waals surface area contributed by atoms with Crippen LogP contribution in [-0.4, -0.2) is 30.9 Å². The minimum Gasteiger partial charge on any atom is -0.452 e. The molecule has 1 N–H and O–H groups in total. The highest BCUT2D eigenvalue weighted by Crippen LogP contribution is 2.26. The number of anilines is 2. The van der Waals surface area contributed by atoms with Crippen molar-refractivity contribution in [3.05, 3.63) is 59.1 Å². The molecule has 2 amide bonds. The SMILES string of the molecule is O=C(COC(=O)c1ccccc1N1CCCC1=O)Nc1ccccc1Cl. The summed E-state index contributed by atoms with van der Waals surface area (Å²) >= 11 is 5.97. The molecule has 26 heavy (non-hydrogen) atoms. The molecule has 134 valence electrons. The minimum atomic E-state index is -0.658. The van der Waals surface area contributed by atoms with Crippen LogP contribution in [0.2, 0.25) is 5.02 Å². The lowest BCUT2D eigenvalue weighted by atomic mass is 10.1. The number of carbonyl (C=O) groups excluding carboxylic acids is 3. The maximum atomic E-state index is 12.4. The summed E-state index contributed by atoms with van der Waals surface area (Å²) in [4.78, 5) is 37.9. The summed E-state index contributed by atoms with van der Waals surface area (Å²) < 4.78 is 5.11. The van der Waals surface area contributed by atoms with Crippen LogP contribution in [0.5, 0.6) is 0 Å². The molecule has 1 saturated heterocycles. The maximum absolute atomic E-state index is 12.4. The van der Waals surface area contributed by atoms with E-state index in [2.05, 4.69) is 5.32 Å². The van der Waals surface area contributed by atoms with E-state index >= 15 is 0 Å². The number of nitrogens with zero attached hydrogens (tertiary/aromatic N) is 1. The predicted molar refractivity (Wildman–Crippen MR) is 98.4 cm³/mol. The van der Waals surface area contributed by atoms with Crippen LogP contribution in [0.3, 0.4) is 0 Å². The van der Waals surface area contributed by atoms with E-state index in [1.54, 1.807) is 53.4 Å². The molecule has 1 aliphatic rings. The molecule has 0 bridgehead atoms. The number of ether oxygens (including phenoxy) is 1. The molecule has 0 spiro atoms. The van der Waals surface area contributed by atoms with Gasteiger partial charge in [-0.25, -0.2) is 4.79 Å². The number of nitrogens with one attached hydrogen (secondary N) is 1. The van der Waals surface area contributed by atoms with Gasteiger partial charge in [-0.3, -0.25) is 9.59 Å². The summed E-state index contributed by atoms with van der Waals surface area (Å²) in [6.07, 6.45) is 1.21. The van der Waals surface area contributed by atoms with Gasteiger partial charge in [-0.2, -0.15) is 0 Å². The standard InChI is InChI=1S/C19H17ClN2O4/c20-14-7-2-3-8-15(14)21-17(23)12-26-19(25)13-6-1-4-9-16(13)22-11-5-10-18(22)24/h1-4,6-9H,5,10-12H2,(H,21,23). The van der Waals surface area contributed by atoms with Crippen molar-refractivity contribution in [3.63, 3.8) is 0 Å². The average molecular weight is 373 g/mol. The lowest BCUT2D eigenvalue weighted by Gasteiger charge is -2.18. The van der Waals surface area contributed by atoms with Gasteiger partial charge in [0, 0.05) is 13.0 Å². The molecule has 0 radical (unpaired) electrons. The second kappa shape index (κ2) is 8.01. The Labute approximate surface area is 155 Å². The monoisotopic (exact) mass is 372 g/mol. The Bertz CT molecular complexity index is 853. The van der Waals surface area contributed by atoms with Crippen molar-refractivity contribution < 1.29 is 19.1 Å². The molecule has 0 aromatic heterocycles. The quantitative estimate of drug-likeness (QED) is 0.817. The van der Waals surface area contributed by atoms with Crippen LogP contribution in [0.15, 0.2) is 48.5 Å². The van der Waals surface area contributed by atoms with Gasteiger partial charge in [-0.1, -0.05) is 35.9 Å². The lowest BCUT2D eigenvalue weighted by molar-refractivity contribution is -0.119. The lowest BCUT2D eigenvalue weighted by Crippen LogP contribution is -2.27. The molecule has 0 aliphatic carbocycles. The van der Waals surface area contributed by atoms with E-state index in [0.717, 1.165) is 6.42 Å². The zero-order chi connectivity index (χ0) is 18.5. The van der Waals surface area contributed by atoms with E-state index in [9.17, 15) is 14.4 Å². The Kier molecular flexibility index (Phi) is 5.53. The smallest absolute Gasteiger partial charge is 0.340 e. The summed E-state index contributed by atoms with van der Waals surface area (Å²) in [7, 11) is 0. The van der Waals surface area contributed by atoms with Crippen LogP contribution in [0.25, 0.3) is 0 Å². The average Bonchev–Trinajstić information content (AvgIpc) is 3.07. The molecule has 2 aromatic rings. The second-order valence-corrected chi connectivity index (χ2v) is 6.18. The van der Waals surface area contributed by atoms with Crippen molar-refractivity contribution in [2.45, 2.75) is 12.8 Å². The van der Waals surface area contributed by atoms with Gasteiger partial charge in [-0.05, 0) is 30.7 Å². The largest absolute Gasteiger partial charge is 0.452 e. The van der Waals surface area contributed by atoms with Crippen molar-refractivity contribution in [2.75, 3.05) is 23.4 Å². The van der Waals surface area contributed by atoms with Crippen LogP contribution in [0, 0.1) is 0 Å². The van der Waals surface area contributed by atoms with E-state index in [4.69, 9.17) is 16.3 Å². The summed E-state index contributed by atoms with van der Waals surface area (Å²) in [6, 6.07) is 13.5. The highest BCUT2D eigenvalue weighted by Gasteiger charge is 2.26. The highest BCUT2D eigenvalue weighted by molar-refractivity contribution is 6.33. The van der Waals surface area contributed by atoms with Crippen LogP contribution >= 0.6 is 11.6 Å². The first-order valence-electron chi connectivity index (χ1n) is 8.17. The Morgan fingerprint density at radius 2 is 1.85 bits per heavy atom. The fraction of sp³-hybridized carbons (Fsp3) is 0.211. The van der Waals surface area contributed by atoms with Gasteiger partial charge in [0.1, 0.15) is 0 Å². The third-order valence-corrected chi connectivity index (χ3v) is 4.30. The van der Waals surface area contributed by atoms with E-state index in [1.807, 2.05) is 0 Å². The Balaban J connectivity index is 1.65. The third kappa shape index (κ3) is 4.03. The zero-order valence-electron chi connectivity index (χ0n) is 13.9. The van der Waals surface area contributed by atoms with Gasteiger partial charge in [0.2, 0.25) is 5.91 Å². The van der Waals surface area contributed by atoms with Crippen LogP contribution < -0.4 is 10.2 Å². The van der Waals surface area contributed by atoms with Gasteiger partial charge >= 0.3 is 5.97 Å². The van der Waals surface area contributed by atoms with E-state index < -0.39 is 18.5 Å². The fourth-order valence-corrected chi connectivity index (χ4v) is 2.93. The van der Waals surface area contributed by atoms with E-state index in [-0.39, 0.29) is 11.5 Å². The minimum absolute atomic E-state index is 0.0262. The normalized spacial score (nSPS) is 13.6. The summed E-state index contributed by atoms with van der Waals surface area (Å²) in [5.74, 6) is -1.18. The van der Waals surface area contributed by atoms with Crippen molar-refractivity contribution in [1.82, 2.24) is 0 Å². The number of esters is 1. The molecular weight excluding hydrogens is 356 g/mol. The van der Waals surface area contributed by atoms with Gasteiger partial charge in [-0.15, -0.1) is 0 Å². The molecule has 1 aliphatic heterocycles. The first-order chi connectivity index (χ1) is 12.6. The first kappa shape index (κ1) is 17.9. The highest BCUT2D eigenvalue weighted by atomic mass is 35.5. The van der Waals surface area contributed by atoms with Crippen LogP contribution in [-0.2, 0) is 14.3 Å². The Morgan fingerprint density at radius 1 is 1.12 bits per heavy atom. The van der Waals surface area contributed by atoms with Crippen LogP contribution in [0.4, 0.5) is 11.4 Å². The molecule has 0 saturated carbocycles. The van der Waals surface area contributed by atoms with Gasteiger partial charge in [0.25, 0.3) is 5.91 Å². The number of amides is 2. The topological polar surface area (TPSA) is 75.7 Å². The number of rotatable bonds is 5. The Morgan fingerprint density at radius 3 is 2.58 bits per heavy atom. The molecule has 6 nitrogen and oxygen atoms in total. The maximum Gasteiger partial charge on any atom is 0.340 e. The molecule has 1 fully saturated rings. The number of benzene rings is 2. The number of hydrogen-bond donors (Lipinski definition) is 1. The molecule has 0 atom stereocenters. The molecule has 0 unspecified atom stereocenters. The van der Waals surface area contributed by atoms with Crippen molar-refractivity contribution in [1.29, 1.82) is 0 Å². The van der Waals surface area contributed by atoms with E-state index in [0.29, 0.717) is 29.4 Å². The molecule has 3 rings (SSSR count). The van der Waals surface area contributed by atoms with Gasteiger partial charge in [0.15, 0.2) is 6.61 Å². The number of halogens is 1. The predicted octanol–water partition coefficient (Wildman–Crippen LogP) is 3.26. The number of carbonyl (C=O) groups is 3. The van der Waals surface area contributed by atoms with Gasteiger partial charge in [0.05, 0.1) is 22.0 Å².